The first-order valence-corrected chi connectivity index (χ1v) is 7.09. The molecule has 5 heteroatoms. The zero-order valence-corrected chi connectivity index (χ0v) is 11.7. The van der Waals surface area contributed by atoms with E-state index in [2.05, 4.69) is 27.8 Å². The van der Waals surface area contributed by atoms with Crippen LogP contribution in [0.25, 0.3) is 0 Å². The molecule has 0 saturated heterocycles. The van der Waals surface area contributed by atoms with E-state index in [1.54, 1.807) is 0 Å². The van der Waals surface area contributed by atoms with E-state index in [1.807, 2.05) is 18.2 Å². The van der Waals surface area contributed by atoms with Crippen molar-refractivity contribution in [1.82, 2.24) is 14.8 Å². The fourth-order valence-electron chi connectivity index (χ4n) is 2.65. The van der Waals surface area contributed by atoms with Crippen LogP contribution in [0.4, 0.5) is 0 Å². The Kier molecular flexibility index (Phi) is 3.38. The highest BCUT2D eigenvalue weighted by atomic mass is 32.1. The normalized spacial score (nSPS) is 17.8. The zero-order chi connectivity index (χ0) is 13.2. The lowest BCUT2D eigenvalue weighted by atomic mass is 10.00. The third-order valence-electron chi connectivity index (χ3n) is 3.49. The number of hydrogen-bond donors (Lipinski definition) is 1. The molecule has 0 amide bonds. The van der Waals surface area contributed by atoms with E-state index in [9.17, 15) is 0 Å². The lowest BCUT2D eigenvalue weighted by molar-refractivity contribution is 0.254. The molecular formula is C14H17N3OS. The predicted molar refractivity (Wildman–Crippen MR) is 76.1 cm³/mol. The zero-order valence-electron chi connectivity index (χ0n) is 10.9. The van der Waals surface area contributed by atoms with Crippen molar-refractivity contribution in [2.45, 2.75) is 32.2 Å². The minimum Gasteiger partial charge on any atom is -0.493 e. The van der Waals surface area contributed by atoms with E-state index in [-0.39, 0.29) is 6.04 Å². The molecule has 0 bridgehead atoms. The molecular weight excluding hydrogens is 258 g/mol. The summed E-state index contributed by atoms with van der Waals surface area (Å²) in [5.41, 5.74) is 1.20. The van der Waals surface area contributed by atoms with Crippen LogP contribution in [0.5, 0.6) is 5.75 Å². The van der Waals surface area contributed by atoms with Gasteiger partial charge in [0.05, 0.1) is 12.6 Å². The van der Waals surface area contributed by atoms with Gasteiger partial charge in [-0.15, -0.1) is 0 Å². The highest BCUT2D eigenvalue weighted by molar-refractivity contribution is 7.71. The number of nitrogens with zero attached hydrogens (tertiary/aromatic N) is 2. The Hall–Kier alpha value is -1.62. The van der Waals surface area contributed by atoms with Gasteiger partial charge < -0.3 is 4.74 Å². The Bertz CT molecular complexity index is 632. The summed E-state index contributed by atoms with van der Waals surface area (Å²) in [6.45, 7) is 2.88. The number of fused-ring (bicyclic) bond motifs is 1. The predicted octanol–water partition coefficient (Wildman–Crippen LogP) is 3.27. The lowest BCUT2D eigenvalue weighted by Crippen LogP contribution is -2.22. The molecule has 0 fully saturated rings. The minimum absolute atomic E-state index is 0.234. The molecule has 1 atom stereocenters. The second-order valence-electron chi connectivity index (χ2n) is 4.76. The Balaban J connectivity index is 2.09. The Labute approximate surface area is 117 Å². The first-order valence-electron chi connectivity index (χ1n) is 6.68. The number of aryl methyl sites for hydroxylation is 1. The molecule has 1 aromatic heterocycles. The Morgan fingerprint density at radius 3 is 3.16 bits per heavy atom. The molecule has 3 rings (SSSR count). The van der Waals surface area contributed by atoms with Gasteiger partial charge in [-0.1, -0.05) is 25.1 Å². The van der Waals surface area contributed by atoms with E-state index < -0.39 is 0 Å². The van der Waals surface area contributed by atoms with E-state index in [1.165, 1.54) is 5.56 Å². The third-order valence-corrected chi connectivity index (χ3v) is 3.78. The molecule has 1 aliphatic rings. The molecule has 0 saturated carbocycles. The van der Waals surface area contributed by atoms with Crippen molar-refractivity contribution in [3.8, 4) is 5.75 Å². The van der Waals surface area contributed by atoms with Crippen LogP contribution in [-0.4, -0.2) is 21.4 Å². The molecule has 4 nitrogen and oxygen atoms in total. The molecule has 2 aromatic rings. The van der Waals surface area contributed by atoms with Crippen molar-refractivity contribution >= 4 is 12.2 Å². The fraction of sp³-hybridized carbons (Fsp3) is 0.429. The van der Waals surface area contributed by atoms with Crippen LogP contribution >= 0.6 is 12.2 Å². The van der Waals surface area contributed by atoms with Gasteiger partial charge in [0, 0.05) is 18.4 Å². The van der Waals surface area contributed by atoms with Crippen LogP contribution in [0.3, 0.4) is 0 Å². The second kappa shape index (κ2) is 5.17. The van der Waals surface area contributed by atoms with Crippen LogP contribution < -0.4 is 4.74 Å². The second-order valence-corrected chi connectivity index (χ2v) is 5.14. The smallest absolute Gasteiger partial charge is 0.195 e. The summed E-state index contributed by atoms with van der Waals surface area (Å²) in [6, 6.07) is 8.42. The number of ether oxygens (including phenoxy) is 1. The summed E-state index contributed by atoms with van der Waals surface area (Å²) < 4.78 is 8.57. The highest BCUT2D eigenvalue weighted by Crippen LogP contribution is 2.35. The highest BCUT2D eigenvalue weighted by Gasteiger charge is 2.25. The van der Waals surface area contributed by atoms with Crippen molar-refractivity contribution in [2.24, 2.45) is 0 Å². The summed E-state index contributed by atoms with van der Waals surface area (Å²) in [5, 5.41) is 7.28. The van der Waals surface area contributed by atoms with Crippen LogP contribution in [0.1, 0.15) is 37.2 Å². The summed E-state index contributed by atoms with van der Waals surface area (Å²) >= 11 is 5.40. The summed E-state index contributed by atoms with van der Waals surface area (Å²) in [7, 11) is 0. The first kappa shape index (κ1) is 12.4. The number of aromatic amines is 1. The number of aromatic nitrogens is 3. The third kappa shape index (κ3) is 2.18. The summed E-state index contributed by atoms with van der Waals surface area (Å²) in [4.78, 5) is 0. The Morgan fingerprint density at radius 2 is 2.32 bits per heavy atom. The van der Waals surface area contributed by atoms with Crippen LogP contribution in [0.2, 0.25) is 0 Å². The number of nitrogens with one attached hydrogen (secondary N) is 1. The topological polar surface area (TPSA) is 42.8 Å². The van der Waals surface area contributed by atoms with Gasteiger partial charge in [0.2, 0.25) is 0 Å². The maximum atomic E-state index is 5.71. The maximum Gasteiger partial charge on any atom is 0.195 e. The van der Waals surface area contributed by atoms with E-state index in [4.69, 9.17) is 17.0 Å². The molecule has 0 aliphatic carbocycles. The maximum absolute atomic E-state index is 5.71. The quantitative estimate of drug-likeness (QED) is 0.874. The molecule has 0 spiro atoms. The molecule has 1 unspecified atom stereocenters. The lowest BCUT2D eigenvalue weighted by Gasteiger charge is -2.27. The van der Waals surface area contributed by atoms with Gasteiger partial charge in [-0.25, -0.2) is 0 Å². The van der Waals surface area contributed by atoms with Crippen LogP contribution in [0.15, 0.2) is 24.3 Å². The molecule has 100 valence electrons. The van der Waals surface area contributed by atoms with Gasteiger partial charge in [0.25, 0.3) is 0 Å². The molecule has 1 N–H and O–H groups in total. The van der Waals surface area contributed by atoms with Gasteiger partial charge in [-0.2, -0.15) is 5.10 Å². The average Bonchev–Trinajstić information content (AvgIpc) is 2.80. The van der Waals surface area contributed by atoms with Crippen LogP contribution in [0, 0.1) is 4.77 Å². The molecule has 1 aliphatic heterocycles. The largest absolute Gasteiger partial charge is 0.493 e. The van der Waals surface area contributed by atoms with Gasteiger partial charge in [0.15, 0.2) is 4.77 Å². The minimum atomic E-state index is 0.234. The van der Waals surface area contributed by atoms with Crippen molar-refractivity contribution in [3.05, 3.63) is 40.4 Å². The van der Waals surface area contributed by atoms with Crippen molar-refractivity contribution in [1.29, 1.82) is 0 Å². The fourth-order valence-corrected chi connectivity index (χ4v) is 2.93. The molecule has 19 heavy (non-hydrogen) atoms. The van der Waals surface area contributed by atoms with E-state index in [0.29, 0.717) is 4.77 Å². The monoisotopic (exact) mass is 275 g/mol. The molecule has 0 radical (unpaired) electrons. The summed E-state index contributed by atoms with van der Waals surface area (Å²) in [5.74, 6) is 2.00. The number of para-hydroxylation sites is 1. The van der Waals surface area contributed by atoms with E-state index >= 15 is 0 Å². The summed E-state index contributed by atoms with van der Waals surface area (Å²) in [6.07, 6.45) is 2.93. The SMILES string of the molecule is CCCc1n[nH]c(=S)n1C1CCOc2ccccc21. The van der Waals surface area contributed by atoms with E-state index in [0.717, 1.165) is 37.4 Å². The van der Waals surface area contributed by atoms with Crippen molar-refractivity contribution in [2.75, 3.05) is 6.61 Å². The average molecular weight is 275 g/mol. The van der Waals surface area contributed by atoms with Crippen molar-refractivity contribution < 1.29 is 4.74 Å². The van der Waals surface area contributed by atoms with Gasteiger partial charge in [0.1, 0.15) is 11.6 Å². The Morgan fingerprint density at radius 1 is 1.47 bits per heavy atom. The number of rotatable bonds is 3. The number of hydrogen-bond acceptors (Lipinski definition) is 3. The standard InChI is InChI=1S/C14H17N3OS/c1-2-5-13-15-16-14(19)17(13)11-8-9-18-12-7-4-3-6-10(11)12/h3-4,6-7,11H,2,5,8-9H2,1H3,(H,16,19). The van der Waals surface area contributed by atoms with Gasteiger partial charge >= 0.3 is 0 Å². The number of benzene rings is 1. The molecule has 2 heterocycles. The van der Waals surface area contributed by atoms with Gasteiger partial charge in [-0.3, -0.25) is 9.67 Å². The number of H-pyrrole nitrogens is 1. The first-order chi connectivity index (χ1) is 9.31. The van der Waals surface area contributed by atoms with Gasteiger partial charge in [-0.05, 0) is 24.7 Å². The molecule has 1 aromatic carbocycles. The van der Waals surface area contributed by atoms with Crippen molar-refractivity contribution in [3.63, 3.8) is 0 Å². The van der Waals surface area contributed by atoms with Crippen LogP contribution in [-0.2, 0) is 6.42 Å².